The van der Waals surface area contributed by atoms with Gasteiger partial charge in [-0.25, -0.2) is 4.98 Å². The molecule has 0 aromatic carbocycles. The topological polar surface area (TPSA) is 44.3 Å². The van der Waals surface area contributed by atoms with Gasteiger partial charge in [-0.2, -0.15) is 4.98 Å². The molecule has 0 bridgehead atoms. The highest BCUT2D eigenvalue weighted by atomic mass is 15.3. The molecular weight excluding hydrogens is 274 g/mol. The number of rotatable bonds is 3. The summed E-state index contributed by atoms with van der Waals surface area (Å²) in [5, 5.41) is 3.48. The molecule has 1 saturated carbocycles. The summed E-state index contributed by atoms with van der Waals surface area (Å²) in [6.45, 7) is 12.2. The molecular formula is C17H33N5. The molecule has 2 heterocycles. The summed E-state index contributed by atoms with van der Waals surface area (Å²) in [7, 11) is 2.16. The highest BCUT2D eigenvalue weighted by molar-refractivity contribution is 5.42. The van der Waals surface area contributed by atoms with Gasteiger partial charge in [0.05, 0.1) is 0 Å². The Labute approximate surface area is 136 Å². The molecule has 5 nitrogen and oxygen atoms in total. The van der Waals surface area contributed by atoms with Gasteiger partial charge in [-0.05, 0) is 32.4 Å². The molecule has 2 fully saturated rings. The molecule has 0 unspecified atom stereocenters. The number of piperazine rings is 1. The van der Waals surface area contributed by atoms with Crippen molar-refractivity contribution >= 4 is 11.8 Å². The zero-order valence-electron chi connectivity index (χ0n) is 15.0. The van der Waals surface area contributed by atoms with Gasteiger partial charge in [0.25, 0.3) is 0 Å². The van der Waals surface area contributed by atoms with E-state index >= 15 is 0 Å². The first-order valence-corrected chi connectivity index (χ1v) is 8.84. The van der Waals surface area contributed by atoms with E-state index in [-0.39, 0.29) is 0 Å². The maximum absolute atomic E-state index is 4.63. The second kappa shape index (κ2) is 10.4. The lowest BCUT2D eigenvalue weighted by molar-refractivity contribution is 0.311. The molecule has 1 N–H and O–H groups in total. The summed E-state index contributed by atoms with van der Waals surface area (Å²) in [5.74, 6) is 1.84. The van der Waals surface area contributed by atoms with Crippen LogP contribution in [0.1, 0.15) is 47.0 Å². The van der Waals surface area contributed by atoms with Crippen molar-refractivity contribution in [2.24, 2.45) is 0 Å². The third kappa shape index (κ3) is 5.44. The highest BCUT2D eigenvalue weighted by Crippen LogP contribution is 2.23. The van der Waals surface area contributed by atoms with Crippen LogP contribution in [-0.2, 0) is 0 Å². The Hall–Kier alpha value is -1.36. The van der Waals surface area contributed by atoms with Crippen molar-refractivity contribution in [3.8, 4) is 0 Å². The van der Waals surface area contributed by atoms with Crippen molar-refractivity contribution in [1.29, 1.82) is 0 Å². The fraction of sp³-hybridized carbons (Fsp3) is 0.765. The van der Waals surface area contributed by atoms with Crippen molar-refractivity contribution in [1.82, 2.24) is 14.9 Å². The van der Waals surface area contributed by atoms with E-state index in [4.69, 9.17) is 0 Å². The summed E-state index contributed by atoms with van der Waals surface area (Å²) in [6.07, 6.45) is 5.75. The Morgan fingerprint density at radius 1 is 1.05 bits per heavy atom. The predicted molar refractivity (Wildman–Crippen MR) is 95.7 cm³/mol. The zero-order valence-corrected chi connectivity index (χ0v) is 15.0. The second-order valence-electron chi connectivity index (χ2n) is 5.30. The van der Waals surface area contributed by atoms with Crippen LogP contribution in [0.5, 0.6) is 0 Å². The molecule has 5 heteroatoms. The minimum Gasteiger partial charge on any atom is -0.367 e. The fourth-order valence-electron chi connectivity index (χ4n) is 2.35. The number of anilines is 2. The number of nitrogens with one attached hydrogen (secondary N) is 1. The third-order valence-electron chi connectivity index (χ3n) is 3.89. The summed E-state index contributed by atoms with van der Waals surface area (Å²) < 4.78 is 0. The molecule has 1 aliphatic heterocycles. The van der Waals surface area contributed by atoms with Crippen molar-refractivity contribution < 1.29 is 0 Å². The number of hydrogen-bond acceptors (Lipinski definition) is 5. The van der Waals surface area contributed by atoms with Gasteiger partial charge in [0.1, 0.15) is 5.82 Å². The van der Waals surface area contributed by atoms with E-state index in [0.717, 1.165) is 37.9 Å². The Balaban J connectivity index is 0.000000561. The van der Waals surface area contributed by atoms with E-state index in [0.29, 0.717) is 6.04 Å². The van der Waals surface area contributed by atoms with E-state index in [9.17, 15) is 0 Å². The van der Waals surface area contributed by atoms with Gasteiger partial charge < -0.3 is 15.1 Å². The molecule has 126 valence electrons. The van der Waals surface area contributed by atoms with Gasteiger partial charge in [0, 0.05) is 38.4 Å². The van der Waals surface area contributed by atoms with Gasteiger partial charge in [-0.3, -0.25) is 0 Å². The molecule has 1 saturated heterocycles. The van der Waals surface area contributed by atoms with Gasteiger partial charge in [-0.1, -0.05) is 27.7 Å². The molecule has 0 radical (unpaired) electrons. The quantitative estimate of drug-likeness (QED) is 0.928. The van der Waals surface area contributed by atoms with E-state index in [1.165, 1.54) is 19.3 Å². The third-order valence-corrected chi connectivity index (χ3v) is 3.89. The maximum Gasteiger partial charge on any atom is 0.227 e. The second-order valence-corrected chi connectivity index (χ2v) is 5.30. The minimum atomic E-state index is 0.625. The molecule has 1 aromatic rings. The number of likely N-dealkylation sites (N-methyl/N-ethyl adjacent to an activating group) is 1. The summed E-state index contributed by atoms with van der Waals surface area (Å²) in [6, 6.07) is 2.60. The average molecular weight is 307 g/mol. The van der Waals surface area contributed by atoms with Crippen LogP contribution < -0.4 is 10.2 Å². The first kappa shape index (κ1) is 18.7. The Kier molecular flexibility index (Phi) is 8.82. The Morgan fingerprint density at radius 2 is 1.68 bits per heavy atom. The highest BCUT2D eigenvalue weighted by Gasteiger charge is 2.19. The molecule has 3 rings (SSSR count). The van der Waals surface area contributed by atoms with Crippen LogP contribution in [-0.4, -0.2) is 54.1 Å². The molecule has 1 aliphatic carbocycles. The normalized spacial score (nSPS) is 18.3. The lowest BCUT2D eigenvalue weighted by Gasteiger charge is -2.32. The number of nitrogens with zero attached hydrogens (tertiary/aromatic N) is 4. The first-order chi connectivity index (χ1) is 10.8. The van der Waals surface area contributed by atoms with E-state index in [2.05, 4.69) is 32.1 Å². The first-order valence-electron chi connectivity index (χ1n) is 8.84. The number of aromatic nitrogens is 2. The molecule has 0 atom stereocenters. The fourth-order valence-corrected chi connectivity index (χ4v) is 2.35. The monoisotopic (exact) mass is 307 g/mol. The standard InChI is InChI=1S/C13H21N5.2C2H6/c1-17-7-9-18(10-8-17)13-14-6-5-12(16-13)15-11-3-2-4-11;2*1-2/h5-6,11H,2-4,7-10H2,1H3,(H,14,15,16);2*1-2H3. The average Bonchev–Trinajstić information content (AvgIpc) is 2.56. The minimum absolute atomic E-state index is 0.625. The van der Waals surface area contributed by atoms with Crippen LogP contribution >= 0.6 is 0 Å². The smallest absolute Gasteiger partial charge is 0.227 e. The molecule has 0 amide bonds. The van der Waals surface area contributed by atoms with Crippen molar-refractivity contribution in [3.05, 3.63) is 12.3 Å². The van der Waals surface area contributed by atoms with E-state index in [1.807, 2.05) is 40.0 Å². The Morgan fingerprint density at radius 3 is 2.23 bits per heavy atom. The van der Waals surface area contributed by atoms with Crippen molar-refractivity contribution in [3.63, 3.8) is 0 Å². The lowest BCUT2D eigenvalue weighted by Crippen LogP contribution is -2.45. The van der Waals surface area contributed by atoms with Crippen LogP contribution in [0, 0.1) is 0 Å². The van der Waals surface area contributed by atoms with Crippen LogP contribution in [0.25, 0.3) is 0 Å². The van der Waals surface area contributed by atoms with Crippen LogP contribution in [0.4, 0.5) is 11.8 Å². The van der Waals surface area contributed by atoms with Gasteiger partial charge in [-0.15, -0.1) is 0 Å². The Bertz CT molecular complexity index is 398. The SMILES string of the molecule is CC.CC.CN1CCN(c2nccc(NC3CCC3)n2)CC1. The van der Waals surface area contributed by atoms with E-state index < -0.39 is 0 Å². The summed E-state index contributed by atoms with van der Waals surface area (Å²) in [5.41, 5.74) is 0. The van der Waals surface area contributed by atoms with E-state index in [1.54, 1.807) is 0 Å². The number of hydrogen-bond donors (Lipinski definition) is 1. The van der Waals surface area contributed by atoms with Crippen LogP contribution in [0.2, 0.25) is 0 Å². The summed E-state index contributed by atoms with van der Waals surface area (Å²) in [4.78, 5) is 13.6. The maximum atomic E-state index is 4.63. The van der Waals surface area contributed by atoms with Gasteiger partial charge in [0.15, 0.2) is 0 Å². The lowest BCUT2D eigenvalue weighted by atomic mass is 9.93. The van der Waals surface area contributed by atoms with Crippen molar-refractivity contribution in [2.75, 3.05) is 43.4 Å². The van der Waals surface area contributed by atoms with Crippen molar-refractivity contribution in [2.45, 2.75) is 53.0 Å². The van der Waals surface area contributed by atoms with Crippen LogP contribution in [0.15, 0.2) is 12.3 Å². The predicted octanol–water partition coefficient (Wildman–Crippen LogP) is 3.25. The zero-order chi connectivity index (χ0) is 16.4. The van der Waals surface area contributed by atoms with Gasteiger partial charge >= 0.3 is 0 Å². The molecule has 0 spiro atoms. The molecule has 1 aromatic heterocycles. The van der Waals surface area contributed by atoms with Gasteiger partial charge in [0.2, 0.25) is 5.95 Å². The largest absolute Gasteiger partial charge is 0.367 e. The van der Waals surface area contributed by atoms with Crippen LogP contribution in [0.3, 0.4) is 0 Å². The molecule has 2 aliphatic rings. The molecule has 22 heavy (non-hydrogen) atoms. The summed E-state index contributed by atoms with van der Waals surface area (Å²) >= 11 is 0.